The molecule has 116 valence electrons. The second-order valence-corrected chi connectivity index (χ2v) is 5.03. The Labute approximate surface area is 127 Å². The van der Waals surface area contributed by atoms with Crippen molar-refractivity contribution in [3.8, 4) is 0 Å². The first-order valence-corrected chi connectivity index (χ1v) is 6.74. The van der Waals surface area contributed by atoms with Crippen LogP contribution in [0.15, 0.2) is 35.9 Å². The Morgan fingerprint density at radius 2 is 1.70 bits per heavy atom. The molecule has 7 heteroatoms. The van der Waals surface area contributed by atoms with Crippen LogP contribution in [0.25, 0.3) is 10.8 Å². The summed E-state index contributed by atoms with van der Waals surface area (Å²) in [6.45, 7) is 0. The molecule has 1 heterocycles. The molecule has 3 rings (SSSR count). The first-order chi connectivity index (χ1) is 11.1. The molecule has 23 heavy (non-hydrogen) atoms. The molecule has 0 saturated heterocycles. The zero-order valence-corrected chi connectivity index (χ0v) is 11.6. The van der Waals surface area contributed by atoms with Gasteiger partial charge in [-0.05, 0) is 12.8 Å². The molecule has 1 unspecified atom stereocenters. The van der Waals surface area contributed by atoms with E-state index in [1.54, 1.807) is 36.1 Å². The fourth-order valence-corrected chi connectivity index (χ4v) is 2.58. The third kappa shape index (κ3) is 2.28. The van der Waals surface area contributed by atoms with E-state index in [4.69, 9.17) is 4.84 Å². The van der Waals surface area contributed by atoms with Gasteiger partial charge >= 0.3 is 5.97 Å². The second kappa shape index (κ2) is 5.65. The number of carbonyl (C=O) groups excluding carboxylic acids is 3. The molecule has 1 saturated carbocycles. The quantitative estimate of drug-likeness (QED) is 0.792. The minimum atomic E-state index is -1.90. The Kier molecular flexibility index (Phi) is 3.66. The fourth-order valence-electron chi connectivity index (χ4n) is 2.58. The number of fused-ring (bicyclic) bond motifs is 1. The van der Waals surface area contributed by atoms with Gasteiger partial charge in [0.2, 0.25) is 0 Å². The van der Waals surface area contributed by atoms with Crippen LogP contribution in [0.1, 0.15) is 12.8 Å². The van der Waals surface area contributed by atoms with Crippen molar-refractivity contribution in [3.05, 3.63) is 46.6 Å². The van der Waals surface area contributed by atoms with Crippen LogP contribution in [0, 0.1) is 5.92 Å². The molecule has 0 radical (unpaired) electrons. The SMILES string of the molecule is O=C=c1c2ccccc2c(=C=O)n1OC(=O)C1CCC1=C(F)F. The molecule has 1 aromatic carbocycles. The van der Waals surface area contributed by atoms with Crippen LogP contribution in [0.3, 0.4) is 0 Å². The molecular formula is C16H9F2NO4. The van der Waals surface area contributed by atoms with Crippen molar-refractivity contribution in [3.63, 3.8) is 0 Å². The largest absolute Gasteiger partial charge is 0.340 e. The average Bonchev–Trinajstić information content (AvgIpc) is 2.77. The molecule has 0 amide bonds. The highest BCUT2D eigenvalue weighted by Crippen LogP contribution is 2.37. The predicted molar refractivity (Wildman–Crippen MR) is 74.3 cm³/mol. The Morgan fingerprint density at radius 3 is 2.09 bits per heavy atom. The van der Waals surface area contributed by atoms with E-state index in [1.807, 2.05) is 0 Å². The molecule has 0 aliphatic heterocycles. The van der Waals surface area contributed by atoms with Crippen LogP contribution >= 0.6 is 0 Å². The lowest BCUT2D eigenvalue weighted by atomic mass is 9.80. The van der Waals surface area contributed by atoms with Gasteiger partial charge in [-0.25, -0.2) is 14.4 Å². The number of rotatable bonds is 2. The van der Waals surface area contributed by atoms with Crippen molar-refractivity contribution < 1.29 is 28.0 Å². The van der Waals surface area contributed by atoms with Crippen molar-refractivity contribution in [2.75, 3.05) is 0 Å². The number of halogens is 2. The summed E-state index contributed by atoms with van der Waals surface area (Å²) in [7, 11) is 0. The maximum atomic E-state index is 12.6. The van der Waals surface area contributed by atoms with Crippen LogP contribution in [0.5, 0.6) is 0 Å². The monoisotopic (exact) mass is 317 g/mol. The average molecular weight is 317 g/mol. The van der Waals surface area contributed by atoms with Crippen LogP contribution in [-0.4, -0.2) is 22.6 Å². The van der Waals surface area contributed by atoms with Crippen LogP contribution in [0.2, 0.25) is 0 Å². The van der Waals surface area contributed by atoms with E-state index in [1.165, 1.54) is 0 Å². The van der Waals surface area contributed by atoms with Crippen molar-refractivity contribution in [2.24, 2.45) is 5.92 Å². The number of hydrogen-bond acceptors (Lipinski definition) is 4. The highest BCUT2D eigenvalue weighted by atomic mass is 19.3. The van der Waals surface area contributed by atoms with E-state index < -0.39 is 18.0 Å². The second-order valence-electron chi connectivity index (χ2n) is 5.03. The first-order valence-electron chi connectivity index (χ1n) is 6.74. The summed E-state index contributed by atoms with van der Waals surface area (Å²) in [5, 5.41) is 0.375. The van der Waals surface area contributed by atoms with Gasteiger partial charge in [-0.2, -0.15) is 13.5 Å². The summed E-state index contributed by atoms with van der Waals surface area (Å²) < 4.78 is 26.0. The maximum Gasteiger partial charge on any atom is 0.340 e. The van der Waals surface area contributed by atoms with E-state index in [9.17, 15) is 23.2 Å². The molecule has 5 nitrogen and oxygen atoms in total. The molecule has 0 N–H and O–H groups in total. The third-order valence-corrected chi connectivity index (χ3v) is 3.87. The summed E-state index contributed by atoms with van der Waals surface area (Å²) in [4.78, 5) is 39.4. The summed E-state index contributed by atoms with van der Waals surface area (Å²) in [5.74, 6) is 1.19. The van der Waals surface area contributed by atoms with Gasteiger partial charge in [-0.3, -0.25) is 0 Å². The van der Waals surface area contributed by atoms with Gasteiger partial charge in [-0.15, -0.1) is 0 Å². The van der Waals surface area contributed by atoms with E-state index in [0.717, 1.165) is 0 Å². The van der Waals surface area contributed by atoms with E-state index in [-0.39, 0.29) is 29.1 Å². The first kappa shape index (κ1) is 14.9. The van der Waals surface area contributed by atoms with Crippen LogP contribution in [-0.2, 0) is 14.4 Å². The lowest BCUT2D eigenvalue weighted by Crippen LogP contribution is -2.42. The highest BCUT2D eigenvalue weighted by Gasteiger charge is 2.36. The van der Waals surface area contributed by atoms with Gasteiger partial charge in [0.15, 0.2) is 22.6 Å². The van der Waals surface area contributed by atoms with Gasteiger partial charge in [0.25, 0.3) is 6.08 Å². The Hall–Kier alpha value is -3.01. The van der Waals surface area contributed by atoms with Gasteiger partial charge in [0.05, 0.1) is 5.92 Å². The van der Waals surface area contributed by atoms with Crippen LogP contribution < -0.4 is 15.5 Å². The predicted octanol–water partition coefficient (Wildman–Crippen LogP) is 0.163. The van der Waals surface area contributed by atoms with E-state index in [2.05, 4.69) is 0 Å². The van der Waals surface area contributed by atoms with Crippen molar-refractivity contribution in [1.29, 1.82) is 0 Å². The Morgan fingerprint density at radius 1 is 1.13 bits per heavy atom. The molecule has 1 atom stereocenters. The van der Waals surface area contributed by atoms with Gasteiger partial charge in [0.1, 0.15) is 0 Å². The number of carbonyl (C=O) groups is 1. The number of nitrogens with zero attached hydrogens (tertiary/aromatic N) is 1. The van der Waals surface area contributed by atoms with Crippen molar-refractivity contribution in [2.45, 2.75) is 12.8 Å². The minimum Gasteiger partial charge on any atom is -0.334 e. The summed E-state index contributed by atoms with van der Waals surface area (Å²) in [6, 6.07) is 6.37. The van der Waals surface area contributed by atoms with Gasteiger partial charge in [-0.1, -0.05) is 24.3 Å². The molecular weight excluding hydrogens is 308 g/mol. The lowest BCUT2D eigenvalue weighted by molar-refractivity contribution is -0.150. The molecule has 1 aromatic heterocycles. The van der Waals surface area contributed by atoms with Gasteiger partial charge in [0, 0.05) is 16.3 Å². The topological polar surface area (TPSA) is 65.4 Å². The minimum absolute atomic E-state index is 0.120. The van der Waals surface area contributed by atoms with Crippen LogP contribution in [0.4, 0.5) is 8.78 Å². The standard InChI is InChI=1S/C16H9F2NO4/c17-15(18)11-5-6-12(11)16(22)23-19-13(7-20)9-3-1-2-4-10(9)14(19)8-21/h1-4,12H,5-6H2. The smallest absolute Gasteiger partial charge is 0.334 e. The molecule has 2 aromatic rings. The Bertz CT molecular complexity index is 950. The molecule has 0 bridgehead atoms. The molecule has 1 aliphatic rings. The summed E-state index contributed by atoms with van der Waals surface area (Å²) in [6.07, 6.45) is -1.55. The van der Waals surface area contributed by atoms with Crippen molar-refractivity contribution in [1.82, 2.24) is 4.73 Å². The lowest BCUT2D eigenvalue weighted by Gasteiger charge is -2.26. The number of benzene rings is 1. The van der Waals surface area contributed by atoms with Crippen molar-refractivity contribution >= 4 is 28.6 Å². The number of hydrogen-bond donors (Lipinski definition) is 0. The van der Waals surface area contributed by atoms with E-state index >= 15 is 0 Å². The van der Waals surface area contributed by atoms with Gasteiger partial charge < -0.3 is 4.84 Å². The third-order valence-electron chi connectivity index (χ3n) is 3.87. The molecule has 1 aliphatic carbocycles. The van der Waals surface area contributed by atoms with E-state index in [0.29, 0.717) is 15.5 Å². The Balaban J connectivity index is 2.12. The summed E-state index contributed by atoms with van der Waals surface area (Å²) >= 11 is 0. The molecule has 1 fully saturated rings. The summed E-state index contributed by atoms with van der Waals surface area (Å²) in [5.41, 5.74) is -0.278. The zero-order valence-electron chi connectivity index (χ0n) is 11.6. The molecule has 0 spiro atoms. The fraction of sp³-hybridized carbons (Fsp3) is 0.188. The normalized spacial score (nSPS) is 16.4. The number of aromatic nitrogens is 1. The highest BCUT2D eigenvalue weighted by molar-refractivity contribution is 5.88. The zero-order chi connectivity index (χ0) is 16.6. The maximum absolute atomic E-state index is 12.6.